The maximum Gasteiger partial charge on any atom is 0.316 e. The van der Waals surface area contributed by atoms with E-state index in [4.69, 9.17) is 9.47 Å². The van der Waals surface area contributed by atoms with Gasteiger partial charge in [0.1, 0.15) is 0 Å². The van der Waals surface area contributed by atoms with Gasteiger partial charge in [-0.1, -0.05) is 34.6 Å². The van der Waals surface area contributed by atoms with Crippen LogP contribution < -0.4 is 9.47 Å². The Morgan fingerprint density at radius 3 is 2.23 bits per heavy atom. The van der Waals surface area contributed by atoms with E-state index in [1.54, 1.807) is 18.5 Å². The fourth-order valence-electron chi connectivity index (χ4n) is 2.52. The van der Waals surface area contributed by atoms with E-state index in [1.165, 1.54) is 5.56 Å². The standard InChI is InChI=1S/C21H31N3O2/c1-20(2,3)8-13-25-18-15-17(7-12-22-18)16-21(4,5)9-14-26-19-23-10-6-11-24-19/h6-7,10-12,15H,8-9,13-14,16H2,1-5H3. The minimum Gasteiger partial charge on any atom is -0.478 e. The van der Waals surface area contributed by atoms with Gasteiger partial charge in [-0.05, 0) is 47.8 Å². The lowest BCUT2D eigenvalue weighted by atomic mass is 9.83. The Kier molecular flexibility index (Phi) is 6.95. The molecular weight excluding hydrogens is 326 g/mol. The van der Waals surface area contributed by atoms with Gasteiger partial charge in [0.25, 0.3) is 0 Å². The fraction of sp³-hybridized carbons (Fsp3) is 0.571. The lowest BCUT2D eigenvalue weighted by molar-refractivity contribution is 0.214. The summed E-state index contributed by atoms with van der Waals surface area (Å²) < 4.78 is 11.5. The molecule has 2 heterocycles. The number of ether oxygens (including phenoxy) is 2. The molecule has 0 aromatic carbocycles. The van der Waals surface area contributed by atoms with Crippen molar-refractivity contribution in [3.63, 3.8) is 0 Å². The third kappa shape index (κ3) is 7.81. The van der Waals surface area contributed by atoms with E-state index in [2.05, 4.69) is 55.6 Å². The Bertz CT molecular complexity index is 666. The third-order valence-corrected chi connectivity index (χ3v) is 4.14. The van der Waals surface area contributed by atoms with E-state index in [0.717, 1.165) is 19.3 Å². The van der Waals surface area contributed by atoms with E-state index in [0.29, 0.717) is 25.1 Å². The van der Waals surface area contributed by atoms with Crippen molar-refractivity contribution < 1.29 is 9.47 Å². The summed E-state index contributed by atoms with van der Waals surface area (Å²) in [5, 5.41) is 0. The van der Waals surface area contributed by atoms with Crippen molar-refractivity contribution in [1.29, 1.82) is 0 Å². The zero-order valence-corrected chi connectivity index (χ0v) is 16.7. The molecule has 0 unspecified atom stereocenters. The molecular formula is C21H31N3O2. The first-order valence-electron chi connectivity index (χ1n) is 9.21. The van der Waals surface area contributed by atoms with Crippen LogP contribution >= 0.6 is 0 Å². The molecule has 0 radical (unpaired) electrons. The van der Waals surface area contributed by atoms with E-state index >= 15 is 0 Å². The van der Waals surface area contributed by atoms with E-state index in [-0.39, 0.29) is 10.8 Å². The van der Waals surface area contributed by atoms with Gasteiger partial charge < -0.3 is 9.47 Å². The molecule has 0 N–H and O–H groups in total. The van der Waals surface area contributed by atoms with Crippen molar-refractivity contribution >= 4 is 0 Å². The van der Waals surface area contributed by atoms with Crippen LogP contribution in [0.15, 0.2) is 36.8 Å². The van der Waals surface area contributed by atoms with Crippen molar-refractivity contribution in [3.8, 4) is 11.9 Å². The van der Waals surface area contributed by atoms with Crippen LogP contribution in [-0.2, 0) is 6.42 Å². The molecule has 26 heavy (non-hydrogen) atoms. The van der Waals surface area contributed by atoms with Crippen molar-refractivity contribution in [1.82, 2.24) is 15.0 Å². The topological polar surface area (TPSA) is 57.1 Å². The van der Waals surface area contributed by atoms with E-state index in [1.807, 2.05) is 12.3 Å². The summed E-state index contributed by atoms with van der Waals surface area (Å²) in [6, 6.07) is 6.31. The number of aromatic nitrogens is 3. The first-order chi connectivity index (χ1) is 12.2. The SMILES string of the molecule is CC(C)(C)CCOc1cc(CC(C)(C)CCOc2ncccn2)ccn1. The van der Waals surface area contributed by atoms with E-state index < -0.39 is 0 Å². The van der Waals surface area contributed by atoms with Gasteiger partial charge in [-0.15, -0.1) is 0 Å². The van der Waals surface area contributed by atoms with Gasteiger partial charge in [0, 0.05) is 24.7 Å². The Labute approximate surface area is 157 Å². The highest BCUT2D eigenvalue weighted by atomic mass is 16.5. The van der Waals surface area contributed by atoms with Crippen molar-refractivity contribution in [2.45, 2.75) is 53.9 Å². The number of hydrogen-bond donors (Lipinski definition) is 0. The highest BCUT2D eigenvalue weighted by molar-refractivity contribution is 5.21. The quantitative estimate of drug-likeness (QED) is 0.650. The zero-order valence-electron chi connectivity index (χ0n) is 16.7. The highest BCUT2D eigenvalue weighted by Crippen LogP contribution is 2.27. The molecule has 0 saturated heterocycles. The molecule has 2 aromatic heterocycles. The van der Waals surface area contributed by atoms with Crippen LogP contribution in [0.1, 0.15) is 53.0 Å². The maximum atomic E-state index is 5.82. The summed E-state index contributed by atoms with van der Waals surface area (Å²) in [4.78, 5) is 12.5. The monoisotopic (exact) mass is 357 g/mol. The van der Waals surface area contributed by atoms with Gasteiger partial charge in [0.15, 0.2) is 0 Å². The fourth-order valence-corrected chi connectivity index (χ4v) is 2.52. The summed E-state index contributed by atoms with van der Waals surface area (Å²) >= 11 is 0. The van der Waals surface area contributed by atoms with Crippen LogP contribution in [-0.4, -0.2) is 28.2 Å². The molecule has 5 heteroatoms. The van der Waals surface area contributed by atoms with Gasteiger partial charge in [-0.3, -0.25) is 0 Å². The van der Waals surface area contributed by atoms with E-state index in [9.17, 15) is 0 Å². The second kappa shape index (κ2) is 8.97. The van der Waals surface area contributed by atoms with Crippen LogP contribution in [0, 0.1) is 10.8 Å². The summed E-state index contributed by atoms with van der Waals surface area (Å²) in [5.41, 5.74) is 1.59. The molecule has 0 aliphatic carbocycles. The number of nitrogens with zero attached hydrogens (tertiary/aromatic N) is 3. The smallest absolute Gasteiger partial charge is 0.316 e. The molecule has 0 aliphatic rings. The predicted molar refractivity (Wildman–Crippen MR) is 103 cm³/mol. The number of pyridine rings is 1. The average molecular weight is 357 g/mol. The Morgan fingerprint density at radius 2 is 1.54 bits per heavy atom. The molecule has 0 amide bonds. The van der Waals surface area contributed by atoms with Gasteiger partial charge >= 0.3 is 6.01 Å². The van der Waals surface area contributed by atoms with Crippen molar-refractivity contribution in [3.05, 3.63) is 42.4 Å². The van der Waals surface area contributed by atoms with Crippen LogP contribution in [0.2, 0.25) is 0 Å². The Balaban J connectivity index is 1.83. The highest BCUT2D eigenvalue weighted by Gasteiger charge is 2.19. The second-order valence-corrected chi connectivity index (χ2v) is 8.63. The zero-order chi connectivity index (χ0) is 19.0. The molecule has 5 nitrogen and oxygen atoms in total. The molecule has 142 valence electrons. The van der Waals surface area contributed by atoms with Crippen molar-refractivity contribution in [2.75, 3.05) is 13.2 Å². The lowest BCUT2D eigenvalue weighted by Crippen LogP contribution is -2.19. The minimum atomic E-state index is 0.0960. The summed E-state index contributed by atoms with van der Waals surface area (Å²) in [5.74, 6) is 0.705. The first kappa shape index (κ1) is 20.1. The van der Waals surface area contributed by atoms with Crippen LogP contribution in [0.25, 0.3) is 0 Å². The number of rotatable bonds is 9. The van der Waals surface area contributed by atoms with Crippen molar-refractivity contribution in [2.24, 2.45) is 10.8 Å². The average Bonchev–Trinajstić information content (AvgIpc) is 2.54. The molecule has 0 bridgehead atoms. The largest absolute Gasteiger partial charge is 0.478 e. The Morgan fingerprint density at radius 1 is 0.846 bits per heavy atom. The van der Waals surface area contributed by atoms with Crippen LogP contribution in [0.4, 0.5) is 0 Å². The maximum absolute atomic E-state index is 5.82. The van der Waals surface area contributed by atoms with Gasteiger partial charge in [-0.25, -0.2) is 15.0 Å². The van der Waals surface area contributed by atoms with Gasteiger partial charge in [-0.2, -0.15) is 0 Å². The lowest BCUT2D eigenvalue weighted by Gasteiger charge is -2.24. The normalized spacial score (nSPS) is 12.0. The summed E-state index contributed by atoms with van der Waals surface area (Å²) in [7, 11) is 0. The van der Waals surface area contributed by atoms with Gasteiger partial charge in [0.2, 0.25) is 5.88 Å². The Hall–Kier alpha value is -2.17. The molecule has 0 spiro atoms. The summed E-state index contributed by atoms with van der Waals surface area (Å²) in [6.45, 7) is 12.4. The predicted octanol–water partition coefficient (Wildman–Crippen LogP) is 4.72. The molecule has 0 aliphatic heterocycles. The molecule has 2 aromatic rings. The third-order valence-electron chi connectivity index (χ3n) is 4.14. The van der Waals surface area contributed by atoms with Crippen LogP contribution in [0.3, 0.4) is 0 Å². The molecule has 2 rings (SSSR count). The summed E-state index contributed by atoms with van der Waals surface area (Å²) in [6.07, 6.45) is 8.05. The molecule has 0 atom stereocenters. The minimum absolute atomic E-state index is 0.0960. The number of hydrogen-bond acceptors (Lipinski definition) is 5. The first-order valence-corrected chi connectivity index (χ1v) is 9.21. The van der Waals surface area contributed by atoms with Gasteiger partial charge in [0.05, 0.1) is 13.2 Å². The van der Waals surface area contributed by atoms with Crippen LogP contribution in [0.5, 0.6) is 11.9 Å². The second-order valence-electron chi connectivity index (χ2n) is 8.63. The molecule has 0 fully saturated rings. The molecule has 0 saturated carbocycles.